The van der Waals surface area contributed by atoms with Crippen molar-refractivity contribution in [2.75, 3.05) is 20.3 Å². The lowest BCUT2D eigenvalue weighted by Gasteiger charge is -2.27. The predicted molar refractivity (Wildman–Crippen MR) is 120 cm³/mol. The highest BCUT2D eigenvalue weighted by Gasteiger charge is 2.42. The lowest BCUT2D eigenvalue weighted by atomic mass is 9.89. The summed E-state index contributed by atoms with van der Waals surface area (Å²) in [7, 11) is 1.57. The van der Waals surface area contributed by atoms with Crippen LogP contribution in [0.15, 0.2) is 61.2 Å². The molecule has 1 aliphatic heterocycles. The Balaban J connectivity index is 1.41. The molecule has 7 heteroatoms. The Morgan fingerprint density at radius 2 is 2.12 bits per heavy atom. The van der Waals surface area contributed by atoms with Crippen molar-refractivity contribution >= 4 is 5.91 Å². The monoisotopic (exact) mass is 437 g/mol. The van der Waals surface area contributed by atoms with Crippen LogP contribution < -0.4 is 10.1 Å². The van der Waals surface area contributed by atoms with E-state index in [9.17, 15) is 9.18 Å². The number of aromatic nitrogens is 2. The summed E-state index contributed by atoms with van der Waals surface area (Å²) in [5, 5.41) is 3.05. The minimum Gasteiger partial charge on any atom is -0.496 e. The maximum atomic E-state index is 13.7. The maximum absolute atomic E-state index is 13.7. The molecule has 0 radical (unpaired) electrons. The first-order chi connectivity index (χ1) is 15.6. The molecule has 0 bridgehead atoms. The Bertz CT molecular complexity index is 1030. The summed E-state index contributed by atoms with van der Waals surface area (Å²) in [4.78, 5) is 17.1. The number of amides is 1. The molecule has 0 aliphatic carbocycles. The van der Waals surface area contributed by atoms with Gasteiger partial charge in [-0.1, -0.05) is 24.3 Å². The molecule has 1 aromatic heterocycles. The number of imidazole rings is 1. The number of hydrogen-bond acceptors (Lipinski definition) is 4. The molecule has 1 unspecified atom stereocenters. The molecule has 1 N–H and O–H groups in total. The van der Waals surface area contributed by atoms with Gasteiger partial charge in [-0.3, -0.25) is 4.79 Å². The van der Waals surface area contributed by atoms with Crippen LogP contribution >= 0.6 is 0 Å². The first kappa shape index (κ1) is 22.0. The molecule has 1 atom stereocenters. The smallest absolute Gasteiger partial charge is 0.252 e. The first-order valence-electron chi connectivity index (χ1n) is 10.9. The average molecular weight is 438 g/mol. The molecule has 1 fully saturated rings. The zero-order valence-electron chi connectivity index (χ0n) is 18.2. The van der Waals surface area contributed by atoms with Crippen LogP contribution in [0.1, 0.15) is 24.8 Å². The fourth-order valence-corrected chi connectivity index (χ4v) is 4.18. The number of carbonyl (C=O) groups excluding carboxylic acids is 1. The number of nitrogens with one attached hydrogen (secondary N) is 1. The molecule has 2 aromatic carbocycles. The summed E-state index contributed by atoms with van der Waals surface area (Å²) < 4.78 is 27.1. The molecule has 2 heterocycles. The molecule has 32 heavy (non-hydrogen) atoms. The summed E-state index contributed by atoms with van der Waals surface area (Å²) in [5.74, 6) is 0.245. The van der Waals surface area contributed by atoms with Gasteiger partial charge in [0.15, 0.2) is 5.60 Å². The number of methoxy groups -OCH3 is 1. The highest BCUT2D eigenvalue weighted by atomic mass is 19.1. The summed E-state index contributed by atoms with van der Waals surface area (Å²) in [6.45, 7) is 1.97. The van der Waals surface area contributed by atoms with Crippen LogP contribution in [-0.4, -0.2) is 41.3 Å². The van der Waals surface area contributed by atoms with E-state index in [0.29, 0.717) is 37.3 Å². The fraction of sp³-hybridized carbons (Fsp3) is 0.360. The van der Waals surface area contributed by atoms with Crippen molar-refractivity contribution in [3.63, 3.8) is 0 Å². The SMILES string of the molecule is COc1ccc(F)cc1-c1ccc(CC2(C(=O)NCCCn3ccnc3)CCCO2)cc1. The number of aryl methyl sites for hydroxylation is 1. The van der Waals surface area contributed by atoms with Crippen LogP contribution in [0.25, 0.3) is 11.1 Å². The van der Waals surface area contributed by atoms with E-state index in [1.165, 1.54) is 12.1 Å². The van der Waals surface area contributed by atoms with E-state index in [1.54, 1.807) is 25.7 Å². The van der Waals surface area contributed by atoms with Gasteiger partial charge in [0.1, 0.15) is 11.6 Å². The van der Waals surface area contributed by atoms with Gasteiger partial charge in [-0.2, -0.15) is 0 Å². The zero-order valence-corrected chi connectivity index (χ0v) is 18.2. The van der Waals surface area contributed by atoms with E-state index in [4.69, 9.17) is 9.47 Å². The van der Waals surface area contributed by atoms with Crippen molar-refractivity contribution in [3.05, 3.63) is 72.6 Å². The van der Waals surface area contributed by atoms with Crippen molar-refractivity contribution < 1.29 is 18.7 Å². The lowest BCUT2D eigenvalue weighted by Crippen LogP contribution is -2.48. The molecule has 3 aromatic rings. The second-order valence-corrected chi connectivity index (χ2v) is 8.07. The second-order valence-electron chi connectivity index (χ2n) is 8.07. The summed E-state index contributed by atoms with van der Waals surface area (Å²) in [6, 6.07) is 12.3. The maximum Gasteiger partial charge on any atom is 0.252 e. The van der Waals surface area contributed by atoms with E-state index >= 15 is 0 Å². The third-order valence-corrected chi connectivity index (χ3v) is 5.87. The van der Waals surface area contributed by atoms with Gasteiger partial charge < -0.3 is 19.4 Å². The van der Waals surface area contributed by atoms with Gasteiger partial charge in [0.05, 0.1) is 13.4 Å². The van der Waals surface area contributed by atoms with Gasteiger partial charge in [0, 0.05) is 44.1 Å². The number of ether oxygens (including phenoxy) is 2. The molecule has 0 spiro atoms. The Hall–Kier alpha value is -3.19. The van der Waals surface area contributed by atoms with Crippen molar-refractivity contribution in [1.29, 1.82) is 0 Å². The van der Waals surface area contributed by atoms with Crippen LogP contribution in [0.5, 0.6) is 5.75 Å². The van der Waals surface area contributed by atoms with E-state index in [2.05, 4.69) is 10.3 Å². The summed E-state index contributed by atoms with van der Waals surface area (Å²) in [6.07, 6.45) is 8.30. The molecule has 6 nitrogen and oxygen atoms in total. The lowest BCUT2D eigenvalue weighted by molar-refractivity contribution is -0.141. The van der Waals surface area contributed by atoms with Gasteiger partial charge >= 0.3 is 0 Å². The van der Waals surface area contributed by atoms with Gasteiger partial charge in [0.25, 0.3) is 5.91 Å². The third-order valence-electron chi connectivity index (χ3n) is 5.87. The standard InChI is InChI=1S/C25H28FN3O3/c1-31-23-9-8-21(26)16-22(23)20-6-4-19(5-7-20)17-25(10-2-15-32-25)24(30)28-11-3-13-29-14-12-27-18-29/h4-9,12,14,16,18H,2-3,10-11,13,15,17H2,1H3,(H,28,30). The minimum absolute atomic E-state index is 0.0588. The van der Waals surface area contributed by atoms with Gasteiger partial charge in [-0.15, -0.1) is 0 Å². The number of benzene rings is 2. The van der Waals surface area contributed by atoms with Crippen molar-refractivity contribution in [1.82, 2.24) is 14.9 Å². The van der Waals surface area contributed by atoms with Gasteiger partial charge in [0.2, 0.25) is 0 Å². The number of carbonyl (C=O) groups is 1. The molecule has 1 amide bonds. The van der Waals surface area contributed by atoms with Crippen molar-refractivity contribution in [2.45, 2.75) is 37.8 Å². The molecular formula is C25H28FN3O3. The highest BCUT2D eigenvalue weighted by molar-refractivity contribution is 5.86. The van der Waals surface area contributed by atoms with Crippen molar-refractivity contribution in [2.24, 2.45) is 0 Å². The quantitative estimate of drug-likeness (QED) is 0.514. The second kappa shape index (κ2) is 9.96. The van der Waals surface area contributed by atoms with Crippen LogP contribution in [-0.2, 0) is 22.5 Å². The zero-order chi connectivity index (χ0) is 22.4. The van der Waals surface area contributed by atoms with Crippen LogP contribution in [0.2, 0.25) is 0 Å². The normalized spacial score (nSPS) is 17.9. The average Bonchev–Trinajstić information content (AvgIpc) is 3.50. The van der Waals surface area contributed by atoms with E-state index in [-0.39, 0.29) is 11.7 Å². The largest absolute Gasteiger partial charge is 0.496 e. The molecule has 1 saturated heterocycles. The topological polar surface area (TPSA) is 65.4 Å². The van der Waals surface area contributed by atoms with Gasteiger partial charge in [-0.05, 0) is 48.6 Å². The summed E-state index contributed by atoms with van der Waals surface area (Å²) >= 11 is 0. The molecule has 1 aliphatic rings. The number of halogens is 1. The molecule has 168 valence electrons. The third kappa shape index (κ3) is 4.99. The van der Waals surface area contributed by atoms with E-state index in [0.717, 1.165) is 30.5 Å². The van der Waals surface area contributed by atoms with E-state index in [1.807, 2.05) is 35.0 Å². The fourth-order valence-electron chi connectivity index (χ4n) is 4.18. The van der Waals surface area contributed by atoms with Crippen LogP contribution in [0.3, 0.4) is 0 Å². The predicted octanol–water partition coefficient (Wildman–Crippen LogP) is 4.00. The first-order valence-corrected chi connectivity index (χ1v) is 10.9. The Morgan fingerprint density at radius 3 is 2.81 bits per heavy atom. The Morgan fingerprint density at radius 1 is 1.28 bits per heavy atom. The number of hydrogen-bond donors (Lipinski definition) is 1. The van der Waals surface area contributed by atoms with E-state index < -0.39 is 5.60 Å². The number of nitrogens with zero attached hydrogens (tertiary/aromatic N) is 2. The van der Waals surface area contributed by atoms with Crippen LogP contribution in [0.4, 0.5) is 4.39 Å². The highest BCUT2D eigenvalue weighted by Crippen LogP contribution is 2.33. The Kier molecular flexibility index (Phi) is 6.85. The van der Waals surface area contributed by atoms with Crippen molar-refractivity contribution in [3.8, 4) is 16.9 Å². The molecule has 0 saturated carbocycles. The Labute approximate surface area is 187 Å². The van der Waals surface area contributed by atoms with Crippen LogP contribution in [0, 0.1) is 5.82 Å². The molecular weight excluding hydrogens is 409 g/mol. The summed E-state index contributed by atoms with van der Waals surface area (Å²) in [5.41, 5.74) is 1.71. The van der Waals surface area contributed by atoms with Gasteiger partial charge in [-0.25, -0.2) is 9.37 Å². The molecule has 4 rings (SSSR count). The number of rotatable bonds is 9. The minimum atomic E-state index is -0.840.